The molecule has 0 N–H and O–H groups in total. The maximum absolute atomic E-state index is 13.1. The summed E-state index contributed by atoms with van der Waals surface area (Å²) in [5, 5.41) is 0.433. The van der Waals surface area contributed by atoms with Crippen LogP contribution in [0.25, 0.3) is 0 Å². The number of hydrogen-bond donors (Lipinski definition) is 0. The van der Waals surface area contributed by atoms with Crippen molar-refractivity contribution in [3.05, 3.63) is 64.7 Å². The van der Waals surface area contributed by atoms with Gasteiger partial charge >= 0.3 is 0 Å². The van der Waals surface area contributed by atoms with Crippen molar-refractivity contribution in [2.45, 2.75) is 19.8 Å². The van der Waals surface area contributed by atoms with Crippen LogP contribution in [0.15, 0.2) is 48.5 Å². The number of halogens is 1. The van der Waals surface area contributed by atoms with E-state index in [-0.39, 0.29) is 30.1 Å². The average Bonchev–Trinajstić information content (AvgIpc) is 3.20. The molecule has 31 heavy (non-hydrogen) atoms. The van der Waals surface area contributed by atoms with Gasteiger partial charge in [-0.05, 0) is 30.2 Å². The summed E-state index contributed by atoms with van der Waals surface area (Å²) in [5.74, 6) is -0.472. The van der Waals surface area contributed by atoms with Crippen LogP contribution in [0.1, 0.15) is 29.3 Å². The quantitative estimate of drug-likeness (QED) is 0.734. The van der Waals surface area contributed by atoms with Crippen molar-refractivity contribution < 1.29 is 14.4 Å². The predicted molar refractivity (Wildman–Crippen MR) is 120 cm³/mol. The van der Waals surface area contributed by atoms with Crippen LogP contribution in [-0.4, -0.2) is 60.2 Å². The molecule has 3 amide bonds. The summed E-state index contributed by atoms with van der Waals surface area (Å²) in [6.07, 6.45) is 1.07. The Morgan fingerprint density at radius 2 is 1.61 bits per heavy atom. The van der Waals surface area contributed by atoms with Gasteiger partial charge in [0, 0.05) is 44.8 Å². The topological polar surface area (TPSA) is 60.9 Å². The molecule has 7 heteroatoms. The number of anilines is 1. The van der Waals surface area contributed by atoms with E-state index in [4.69, 9.17) is 11.6 Å². The van der Waals surface area contributed by atoms with Gasteiger partial charge in [0.2, 0.25) is 11.8 Å². The highest BCUT2D eigenvalue weighted by Crippen LogP contribution is 2.29. The lowest BCUT2D eigenvalue weighted by Crippen LogP contribution is -2.52. The van der Waals surface area contributed by atoms with Crippen molar-refractivity contribution in [1.29, 1.82) is 0 Å². The molecule has 0 unspecified atom stereocenters. The molecule has 0 aliphatic carbocycles. The minimum atomic E-state index is -0.344. The first kappa shape index (κ1) is 21.4. The molecule has 1 atom stereocenters. The summed E-state index contributed by atoms with van der Waals surface area (Å²) < 4.78 is 0. The molecule has 6 nitrogen and oxygen atoms in total. The lowest BCUT2D eigenvalue weighted by molar-refractivity contribution is -0.137. The molecule has 2 fully saturated rings. The molecule has 4 rings (SSSR count). The lowest BCUT2D eigenvalue weighted by Gasteiger charge is -2.36. The summed E-state index contributed by atoms with van der Waals surface area (Å²) in [6, 6.07) is 14.9. The van der Waals surface area contributed by atoms with Crippen molar-refractivity contribution in [2.75, 3.05) is 37.6 Å². The number of carbonyl (C=O) groups is 3. The third-order valence-corrected chi connectivity index (χ3v) is 6.45. The van der Waals surface area contributed by atoms with Crippen LogP contribution < -0.4 is 4.90 Å². The van der Waals surface area contributed by atoms with E-state index in [9.17, 15) is 14.4 Å². The summed E-state index contributed by atoms with van der Waals surface area (Å²) in [7, 11) is 0. The third-order valence-electron chi connectivity index (χ3n) is 6.12. The molecule has 2 aromatic rings. The van der Waals surface area contributed by atoms with Gasteiger partial charge in [-0.15, -0.1) is 0 Å². The standard InChI is InChI=1S/C24H26ClN3O3/c1-2-17-7-3-6-10-21(17)28-16-18(15-22(28)29)23(30)26-11-13-27(14-12-26)24(31)19-8-4-5-9-20(19)25/h3-10,18H,2,11-16H2,1H3/t18-/m1/s1. The molecule has 2 heterocycles. The second-order valence-electron chi connectivity index (χ2n) is 7.98. The molecule has 2 saturated heterocycles. The van der Waals surface area contributed by atoms with Crippen LogP contribution in [0.2, 0.25) is 5.02 Å². The van der Waals surface area contributed by atoms with E-state index in [1.54, 1.807) is 39.0 Å². The number of rotatable bonds is 4. The minimum Gasteiger partial charge on any atom is -0.339 e. The molecule has 2 aliphatic heterocycles. The fraction of sp³-hybridized carbons (Fsp3) is 0.375. The highest BCUT2D eigenvalue weighted by Gasteiger charge is 2.38. The molecule has 162 valence electrons. The van der Waals surface area contributed by atoms with Gasteiger partial charge in [0.15, 0.2) is 0 Å². The van der Waals surface area contributed by atoms with E-state index in [1.165, 1.54) is 0 Å². The highest BCUT2D eigenvalue weighted by atomic mass is 35.5. The normalized spacial score (nSPS) is 19.1. The highest BCUT2D eigenvalue weighted by molar-refractivity contribution is 6.33. The fourth-order valence-electron chi connectivity index (χ4n) is 4.37. The monoisotopic (exact) mass is 439 g/mol. The van der Waals surface area contributed by atoms with Crippen molar-refractivity contribution in [3.63, 3.8) is 0 Å². The summed E-state index contributed by atoms with van der Waals surface area (Å²) in [6.45, 7) is 4.31. The number of aryl methyl sites for hydroxylation is 1. The van der Waals surface area contributed by atoms with Gasteiger partial charge in [0.25, 0.3) is 5.91 Å². The fourth-order valence-corrected chi connectivity index (χ4v) is 4.59. The van der Waals surface area contributed by atoms with Gasteiger partial charge < -0.3 is 14.7 Å². The van der Waals surface area contributed by atoms with E-state index in [2.05, 4.69) is 6.92 Å². The van der Waals surface area contributed by atoms with Gasteiger partial charge in [-0.2, -0.15) is 0 Å². The van der Waals surface area contributed by atoms with E-state index < -0.39 is 0 Å². The minimum absolute atomic E-state index is 0.00493. The molecule has 0 saturated carbocycles. The average molecular weight is 440 g/mol. The van der Waals surface area contributed by atoms with Crippen LogP contribution in [-0.2, 0) is 16.0 Å². The third kappa shape index (κ3) is 4.30. The Morgan fingerprint density at radius 1 is 0.968 bits per heavy atom. The molecule has 2 aromatic carbocycles. The van der Waals surface area contributed by atoms with Gasteiger partial charge in [0.05, 0.1) is 16.5 Å². The second kappa shape index (κ2) is 9.10. The van der Waals surface area contributed by atoms with Crippen molar-refractivity contribution in [3.8, 4) is 0 Å². The number of hydrogen-bond acceptors (Lipinski definition) is 3. The van der Waals surface area contributed by atoms with Crippen molar-refractivity contribution in [2.24, 2.45) is 5.92 Å². The Morgan fingerprint density at radius 3 is 2.32 bits per heavy atom. The zero-order chi connectivity index (χ0) is 22.0. The summed E-state index contributed by atoms with van der Waals surface area (Å²) in [4.78, 5) is 43.8. The van der Waals surface area contributed by atoms with Crippen LogP contribution in [0.3, 0.4) is 0 Å². The smallest absolute Gasteiger partial charge is 0.255 e. The predicted octanol–water partition coefficient (Wildman–Crippen LogP) is 3.24. The zero-order valence-corrected chi connectivity index (χ0v) is 18.3. The van der Waals surface area contributed by atoms with E-state index in [1.807, 2.05) is 24.3 Å². The van der Waals surface area contributed by atoms with E-state index in [0.717, 1.165) is 17.7 Å². The van der Waals surface area contributed by atoms with Crippen molar-refractivity contribution >= 4 is 35.0 Å². The Bertz CT molecular complexity index is 1000. The Balaban J connectivity index is 1.38. The Kier molecular flexibility index (Phi) is 6.28. The van der Waals surface area contributed by atoms with Gasteiger partial charge in [-0.1, -0.05) is 48.9 Å². The maximum Gasteiger partial charge on any atom is 0.255 e. The van der Waals surface area contributed by atoms with Gasteiger partial charge in [-0.25, -0.2) is 0 Å². The molecular formula is C24H26ClN3O3. The second-order valence-corrected chi connectivity index (χ2v) is 8.39. The van der Waals surface area contributed by atoms with Crippen LogP contribution in [0, 0.1) is 5.92 Å². The van der Waals surface area contributed by atoms with E-state index in [0.29, 0.717) is 43.3 Å². The van der Waals surface area contributed by atoms with Gasteiger partial charge in [0.1, 0.15) is 0 Å². The first-order valence-electron chi connectivity index (χ1n) is 10.7. The molecule has 0 spiro atoms. The first-order chi connectivity index (χ1) is 15.0. The SMILES string of the molecule is CCc1ccccc1N1C[C@H](C(=O)N2CCN(C(=O)c3ccccc3Cl)CC2)CC1=O. The number of para-hydroxylation sites is 1. The van der Waals surface area contributed by atoms with Crippen LogP contribution in [0.4, 0.5) is 5.69 Å². The number of benzene rings is 2. The Hall–Kier alpha value is -2.86. The lowest BCUT2D eigenvalue weighted by atomic mass is 10.1. The largest absolute Gasteiger partial charge is 0.339 e. The maximum atomic E-state index is 13.1. The molecule has 0 bridgehead atoms. The molecular weight excluding hydrogens is 414 g/mol. The number of amides is 3. The van der Waals surface area contributed by atoms with Crippen molar-refractivity contribution in [1.82, 2.24) is 9.80 Å². The number of nitrogens with zero attached hydrogens (tertiary/aromatic N) is 3. The first-order valence-corrected chi connectivity index (χ1v) is 11.1. The summed E-state index contributed by atoms with van der Waals surface area (Å²) in [5.41, 5.74) is 2.49. The zero-order valence-electron chi connectivity index (χ0n) is 17.6. The van der Waals surface area contributed by atoms with Crippen LogP contribution in [0.5, 0.6) is 0 Å². The van der Waals surface area contributed by atoms with Gasteiger partial charge in [-0.3, -0.25) is 14.4 Å². The number of piperazine rings is 1. The van der Waals surface area contributed by atoms with E-state index >= 15 is 0 Å². The summed E-state index contributed by atoms with van der Waals surface area (Å²) >= 11 is 6.15. The number of carbonyl (C=O) groups excluding carboxylic acids is 3. The molecule has 0 aromatic heterocycles. The Labute approximate surface area is 187 Å². The van der Waals surface area contributed by atoms with Crippen LogP contribution >= 0.6 is 11.6 Å². The molecule has 0 radical (unpaired) electrons. The molecule has 2 aliphatic rings.